The number of rotatable bonds is 7. The van der Waals surface area contributed by atoms with Gasteiger partial charge in [-0.2, -0.15) is 0 Å². The van der Waals surface area contributed by atoms with Crippen LogP contribution in [0, 0.1) is 12.8 Å². The molecular formula is C18H25N3O. The van der Waals surface area contributed by atoms with Gasteiger partial charge >= 0.3 is 0 Å². The second-order valence-corrected chi connectivity index (χ2v) is 5.91. The topological polar surface area (TPSA) is 57.2 Å². The van der Waals surface area contributed by atoms with Crippen molar-refractivity contribution in [2.24, 2.45) is 5.92 Å². The Morgan fingerprint density at radius 2 is 1.82 bits per heavy atom. The number of aromatic nitrogens is 1. The molecule has 2 aromatic rings. The second kappa shape index (κ2) is 7.80. The molecule has 0 saturated heterocycles. The van der Waals surface area contributed by atoms with Gasteiger partial charge in [-0.25, -0.2) is 0 Å². The minimum Gasteiger partial charge on any atom is -0.506 e. The molecule has 1 atom stereocenters. The van der Waals surface area contributed by atoms with Crippen LogP contribution in [0.4, 0.5) is 5.69 Å². The van der Waals surface area contributed by atoms with E-state index < -0.39 is 0 Å². The Labute approximate surface area is 132 Å². The van der Waals surface area contributed by atoms with Crippen LogP contribution in [0.2, 0.25) is 0 Å². The first-order chi connectivity index (χ1) is 10.6. The predicted molar refractivity (Wildman–Crippen MR) is 91.0 cm³/mol. The molecular weight excluding hydrogens is 274 g/mol. The van der Waals surface area contributed by atoms with Crippen LogP contribution >= 0.6 is 0 Å². The van der Waals surface area contributed by atoms with E-state index in [0.29, 0.717) is 24.2 Å². The lowest BCUT2D eigenvalue weighted by Crippen LogP contribution is -2.36. The van der Waals surface area contributed by atoms with E-state index in [0.717, 1.165) is 17.9 Å². The van der Waals surface area contributed by atoms with Crippen molar-refractivity contribution >= 4 is 5.69 Å². The van der Waals surface area contributed by atoms with Gasteiger partial charge in [0, 0.05) is 30.5 Å². The number of anilines is 1. The summed E-state index contributed by atoms with van der Waals surface area (Å²) in [7, 11) is 0. The minimum atomic E-state index is 0.246. The van der Waals surface area contributed by atoms with Gasteiger partial charge in [-0.05, 0) is 37.1 Å². The smallest absolute Gasteiger partial charge is 0.138 e. The maximum atomic E-state index is 9.83. The molecule has 118 valence electrons. The monoisotopic (exact) mass is 299 g/mol. The maximum Gasteiger partial charge on any atom is 0.138 e. The number of nitrogens with one attached hydrogen (secondary N) is 2. The minimum absolute atomic E-state index is 0.246. The fourth-order valence-electron chi connectivity index (χ4n) is 2.28. The number of pyridine rings is 1. The Bertz CT molecular complexity index is 584. The van der Waals surface area contributed by atoms with Crippen LogP contribution in [0.25, 0.3) is 0 Å². The molecule has 4 heteroatoms. The molecule has 22 heavy (non-hydrogen) atoms. The average molecular weight is 299 g/mol. The van der Waals surface area contributed by atoms with Crippen molar-refractivity contribution < 1.29 is 5.11 Å². The standard InChI is InChI=1S/C18H25N3O/c1-13(2)16(21-15-7-5-4-6-8-15)11-19-12-17-18(22)10-9-14(3)20-17/h4-10,13,16,19,21-22H,11-12H2,1-3H3/t16-/m1/s1. The summed E-state index contributed by atoms with van der Waals surface area (Å²) >= 11 is 0. The summed E-state index contributed by atoms with van der Waals surface area (Å²) in [6, 6.07) is 14.0. The molecule has 0 aliphatic heterocycles. The molecule has 1 aromatic heterocycles. The predicted octanol–water partition coefficient (Wildman–Crippen LogP) is 3.32. The summed E-state index contributed by atoms with van der Waals surface area (Å²) < 4.78 is 0. The third kappa shape index (κ3) is 4.74. The Balaban J connectivity index is 1.91. The van der Waals surface area contributed by atoms with Gasteiger partial charge in [0.1, 0.15) is 5.75 Å². The second-order valence-electron chi connectivity index (χ2n) is 5.91. The SMILES string of the molecule is Cc1ccc(O)c(CNC[C@@H](Nc2ccccc2)C(C)C)n1. The maximum absolute atomic E-state index is 9.83. The fourth-order valence-corrected chi connectivity index (χ4v) is 2.28. The molecule has 0 saturated carbocycles. The molecule has 0 radical (unpaired) electrons. The normalized spacial score (nSPS) is 12.4. The van der Waals surface area contributed by atoms with E-state index >= 15 is 0 Å². The van der Waals surface area contributed by atoms with Crippen molar-refractivity contribution in [2.45, 2.75) is 33.4 Å². The zero-order valence-corrected chi connectivity index (χ0v) is 13.5. The third-order valence-corrected chi connectivity index (χ3v) is 3.68. The van der Waals surface area contributed by atoms with Crippen molar-refractivity contribution in [3.05, 3.63) is 53.9 Å². The van der Waals surface area contributed by atoms with Gasteiger partial charge in [0.15, 0.2) is 0 Å². The summed E-state index contributed by atoms with van der Waals surface area (Å²) in [5.74, 6) is 0.738. The summed E-state index contributed by atoms with van der Waals surface area (Å²) in [5, 5.41) is 16.8. The van der Waals surface area contributed by atoms with Crippen LogP contribution in [0.5, 0.6) is 5.75 Å². The number of aryl methyl sites for hydroxylation is 1. The van der Waals surface area contributed by atoms with E-state index in [9.17, 15) is 5.11 Å². The summed E-state index contributed by atoms with van der Waals surface area (Å²) in [5.41, 5.74) is 2.74. The van der Waals surface area contributed by atoms with E-state index in [4.69, 9.17) is 0 Å². The number of nitrogens with zero attached hydrogens (tertiary/aromatic N) is 1. The Morgan fingerprint density at radius 3 is 2.50 bits per heavy atom. The van der Waals surface area contributed by atoms with E-state index in [1.54, 1.807) is 6.07 Å². The molecule has 0 unspecified atom stereocenters. The first-order valence-electron chi connectivity index (χ1n) is 7.74. The van der Waals surface area contributed by atoms with Crippen LogP contribution in [0.15, 0.2) is 42.5 Å². The van der Waals surface area contributed by atoms with Gasteiger partial charge in [0.25, 0.3) is 0 Å². The lowest BCUT2D eigenvalue weighted by molar-refractivity contribution is 0.449. The van der Waals surface area contributed by atoms with Crippen LogP contribution in [0.1, 0.15) is 25.2 Å². The molecule has 0 aliphatic rings. The molecule has 0 amide bonds. The van der Waals surface area contributed by atoms with Gasteiger partial charge in [-0.3, -0.25) is 4.98 Å². The van der Waals surface area contributed by atoms with E-state index in [-0.39, 0.29) is 5.75 Å². The Hall–Kier alpha value is -2.07. The molecule has 4 nitrogen and oxygen atoms in total. The van der Waals surface area contributed by atoms with E-state index in [1.165, 1.54) is 0 Å². The molecule has 3 N–H and O–H groups in total. The highest BCUT2D eigenvalue weighted by Crippen LogP contribution is 2.15. The fraction of sp³-hybridized carbons (Fsp3) is 0.389. The van der Waals surface area contributed by atoms with Gasteiger partial charge in [-0.15, -0.1) is 0 Å². The van der Waals surface area contributed by atoms with Crippen LogP contribution in [-0.2, 0) is 6.54 Å². The zero-order valence-electron chi connectivity index (χ0n) is 13.5. The first-order valence-corrected chi connectivity index (χ1v) is 7.74. The van der Waals surface area contributed by atoms with Crippen molar-refractivity contribution in [1.29, 1.82) is 0 Å². The molecule has 1 aromatic carbocycles. The molecule has 1 heterocycles. The molecule has 0 spiro atoms. The van der Waals surface area contributed by atoms with Gasteiger partial charge in [0.05, 0.1) is 5.69 Å². The number of para-hydroxylation sites is 1. The van der Waals surface area contributed by atoms with Crippen LogP contribution < -0.4 is 10.6 Å². The molecule has 2 rings (SSSR count). The lowest BCUT2D eigenvalue weighted by Gasteiger charge is -2.24. The van der Waals surface area contributed by atoms with Crippen molar-refractivity contribution in [2.75, 3.05) is 11.9 Å². The number of hydrogen-bond acceptors (Lipinski definition) is 4. The Kier molecular flexibility index (Phi) is 5.78. The molecule has 0 fully saturated rings. The van der Waals surface area contributed by atoms with Gasteiger partial charge in [-0.1, -0.05) is 32.0 Å². The lowest BCUT2D eigenvalue weighted by atomic mass is 10.0. The quantitative estimate of drug-likeness (QED) is 0.734. The summed E-state index contributed by atoms with van der Waals surface area (Å²) in [6.07, 6.45) is 0. The summed E-state index contributed by atoms with van der Waals surface area (Å²) in [6.45, 7) is 7.70. The highest BCUT2D eigenvalue weighted by molar-refractivity contribution is 5.43. The van der Waals surface area contributed by atoms with Gasteiger partial charge < -0.3 is 15.7 Å². The number of aromatic hydroxyl groups is 1. The number of hydrogen-bond donors (Lipinski definition) is 3. The van der Waals surface area contributed by atoms with Crippen LogP contribution in [0.3, 0.4) is 0 Å². The van der Waals surface area contributed by atoms with Crippen molar-refractivity contribution in [3.8, 4) is 5.75 Å². The third-order valence-electron chi connectivity index (χ3n) is 3.68. The Morgan fingerprint density at radius 1 is 1.09 bits per heavy atom. The average Bonchev–Trinajstić information content (AvgIpc) is 2.50. The number of benzene rings is 1. The summed E-state index contributed by atoms with van der Waals surface area (Å²) in [4.78, 5) is 4.37. The largest absolute Gasteiger partial charge is 0.506 e. The first kappa shape index (κ1) is 16.3. The highest BCUT2D eigenvalue weighted by atomic mass is 16.3. The highest BCUT2D eigenvalue weighted by Gasteiger charge is 2.13. The molecule has 0 aliphatic carbocycles. The van der Waals surface area contributed by atoms with Crippen LogP contribution in [-0.4, -0.2) is 22.7 Å². The molecule has 0 bridgehead atoms. The van der Waals surface area contributed by atoms with E-state index in [2.05, 4.69) is 41.6 Å². The van der Waals surface area contributed by atoms with Gasteiger partial charge in [0.2, 0.25) is 0 Å². The zero-order chi connectivity index (χ0) is 15.9. The van der Waals surface area contributed by atoms with Crippen molar-refractivity contribution in [3.63, 3.8) is 0 Å². The van der Waals surface area contributed by atoms with E-state index in [1.807, 2.05) is 31.2 Å². The van der Waals surface area contributed by atoms with Crippen molar-refractivity contribution in [1.82, 2.24) is 10.3 Å².